The van der Waals surface area contributed by atoms with Gasteiger partial charge in [-0.1, -0.05) is 36.4 Å². The van der Waals surface area contributed by atoms with Crippen molar-refractivity contribution in [1.82, 2.24) is 4.98 Å². The van der Waals surface area contributed by atoms with Crippen LogP contribution in [-0.2, 0) is 0 Å². The number of nitrogens with one attached hydrogen (secondary N) is 1. The van der Waals surface area contributed by atoms with Crippen LogP contribution < -0.4 is 5.56 Å². The first-order valence-corrected chi connectivity index (χ1v) is 6.83. The SMILES string of the molecule is O=c1ccc2ccc(-c3ccc(C(O)C(F)(F)F)cc3)cc2[nH]1. The lowest BCUT2D eigenvalue weighted by Crippen LogP contribution is -2.19. The van der Waals surface area contributed by atoms with Crippen molar-refractivity contribution in [1.29, 1.82) is 0 Å². The fourth-order valence-corrected chi connectivity index (χ4v) is 2.38. The summed E-state index contributed by atoms with van der Waals surface area (Å²) in [6.45, 7) is 0. The number of hydrogen-bond donors (Lipinski definition) is 2. The van der Waals surface area contributed by atoms with Crippen LogP contribution in [0.2, 0.25) is 0 Å². The molecule has 1 unspecified atom stereocenters. The quantitative estimate of drug-likeness (QED) is 0.755. The Morgan fingerprint density at radius 2 is 1.52 bits per heavy atom. The molecule has 0 saturated carbocycles. The smallest absolute Gasteiger partial charge is 0.379 e. The highest BCUT2D eigenvalue weighted by atomic mass is 19.4. The Morgan fingerprint density at radius 1 is 0.913 bits per heavy atom. The summed E-state index contributed by atoms with van der Waals surface area (Å²) in [5, 5.41) is 10.1. The standard InChI is InChI=1S/C17H12F3NO2/c18-17(19,20)16(23)12-4-1-10(2-5-12)13-6-3-11-7-8-15(22)21-14(11)9-13/h1-9,16,23H,(H,21,22). The molecule has 3 rings (SSSR count). The predicted octanol–water partition coefficient (Wildman–Crippen LogP) is 3.79. The summed E-state index contributed by atoms with van der Waals surface area (Å²) >= 11 is 0. The van der Waals surface area contributed by atoms with E-state index in [1.54, 1.807) is 12.1 Å². The fraction of sp³-hybridized carbons (Fsp3) is 0.118. The Labute approximate surface area is 129 Å². The molecule has 0 aliphatic heterocycles. The summed E-state index contributed by atoms with van der Waals surface area (Å²) in [6.07, 6.45) is -7.19. The maximum absolute atomic E-state index is 12.5. The van der Waals surface area contributed by atoms with Crippen LogP contribution in [0.1, 0.15) is 11.7 Å². The lowest BCUT2D eigenvalue weighted by atomic mass is 10.0. The monoisotopic (exact) mass is 319 g/mol. The van der Waals surface area contributed by atoms with Gasteiger partial charge in [-0.05, 0) is 34.2 Å². The Kier molecular flexibility index (Phi) is 3.69. The molecular weight excluding hydrogens is 307 g/mol. The molecule has 6 heteroatoms. The van der Waals surface area contributed by atoms with Gasteiger partial charge in [0.25, 0.3) is 0 Å². The largest absolute Gasteiger partial charge is 0.418 e. The van der Waals surface area contributed by atoms with E-state index in [4.69, 9.17) is 0 Å². The van der Waals surface area contributed by atoms with Gasteiger partial charge in [0.2, 0.25) is 5.56 Å². The van der Waals surface area contributed by atoms with Crippen molar-refractivity contribution in [3.8, 4) is 11.1 Å². The Balaban J connectivity index is 1.97. The highest BCUT2D eigenvalue weighted by Crippen LogP contribution is 2.33. The zero-order chi connectivity index (χ0) is 16.6. The van der Waals surface area contributed by atoms with Gasteiger partial charge >= 0.3 is 6.18 Å². The maximum Gasteiger partial charge on any atom is 0.418 e. The van der Waals surface area contributed by atoms with Gasteiger partial charge in [0.15, 0.2) is 6.10 Å². The van der Waals surface area contributed by atoms with E-state index in [1.807, 2.05) is 12.1 Å². The molecule has 3 nitrogen and oxygen atoms in total. The van der Waals surface area contributed by atoms with E-state index in [0.717, 1.165) is 10.9 Å². The summed E-state index contributed by atoms with van der Waals surface area (Å²) in [6, 6.07) is 14.0. The van der Waals surface area contributed by atoms with Crippen molar-refractivity contribution >= 4 is 10.9 Å². The third kappa shape index (κ3) is 3.12. The van der Waals surface area contributed by atoms with E-state index in [1.165, 1.54) is 30.3 Å². The summed E-state index contributed by atoms with van der Waals surface area (Å²) in [7, 11) is 0. The molecule has 0 aliphatic rings. The van der Waals surface area contributed by atoms with Gasteiger partial charge in [0, 0.05) is 11.6 Å². The number of aromatic nitrogens is 1. The molecular formula is C17H12F3NO2. The number of aliphatic hydroxyl groups is 1. The van der Waals surface area contributed by atoms with Crippen molar-refractivity contribution in [2.45, 2.75) is 12.3 Å². The molecule has 1 atom stereocenters. The molecule has 23 heavy (non-hydrogen) atoms. The van der Waals surface area contributed by atoms with Gasteiger partial charge in [-0.15, -0.1) is 0 Å². The van der Waals surface area contributed by atoms with Crippen LogP contribution >= 0.6 is 0 Å². The number of rotatable bonds is 2. The minimum atomic E-state index is -4.69. The second-order valence-corrected chi connectivity index (χ2v) is 5.19. The molecule has 118 valence electrons. The maximum atomic E-state index is 12.5. The first kappa shape index (κ1) is 15.3. The number of aliphatic hydroxyl groups excluding tert-OH is 1. The zero-order valence-electron chi connectivity index (χ0n) is 11.8. The summed E-state index contributed by atoms with van der Waals surface area (Å²) < 4.78 is 37.5. The summed E-state index contributed by atoms with van der Waals surface area (Å²) in [5.41, 5.74) is 1.66. The number of benzene rings is 2. The number of pyridine rings is 1. The van der Waals surface area contributed by atoms with Crippen molar-refractivity contribution in [3.05, 3.63) is 70.5 Å². The molecule has 0 amide bonds. The first-order valence-electron chi connectivity index (χ1n) is 6.83. The lowest BCUT2D eigenvalue weighted by molar-refractivity contribution is -0.206. The molecule has 3 aromatic rings. The molecule has 1 aromatic heterocycles. The highest BCUT2D eigenvalue weighted by Gasteiger charge is 2.39. The Bertz CT molecular complexity index is 898. The molecule has 2 aromatic carbocycles. The topological polar surface area (TPSA) is 53.1 Å². The molecule has 1 heterocycles. The molecule has 0 aliphatic carbocycles. The average Bonchev–Trinajstić information content (AvgIpc) is 2.52. The first-order chi connectivity index (χ1) is 10.8. The van der Waals surface area contributed by atoms with Crippen molar-refractivity contribution in [3.63, 3.8) is 0 Å². The lowest BCUT2D eigenvalue weighted by Gasteiger charge is -2.15. The van der Waals surface area contributed by atoms with Crippen LogP contribution in [0.3, 0.4) is 0 Å². The molecule has 0 fully saturated rings. The van der Waals surface area contributed by atoms with Gasteiger partial charge in [0.1, 0.15) is 0 Å². The van der Waals surface area contributed by atoms with E-state index >= 15 is 0 Å². The third-order valence-corrected chi connectivity index (χ3v) is 3.60. The highest BCUT2D eigenvalue weighted by molar-refractivity contribution is 5.84. The number of halogens is 3. The summed E-state index contributed by atoms with van der Waals surface area (Å²) in [5.74, 6) is 0. The number of H-pyrrole nitrogens is 1. The van der Waals surface area contributed by atoms with Gasteiger partial charge in [-0.25, -0.2) is 0 Å². The van der Waals surface area contributed by atoms with Crippen molar-refractivity contribution in [2.75, 3.05) is 0 Å². The minimum absolute atomic E-state index is 0.213. The van der Waals surface area contributed by atoms with Gasteiger partial charge in [-0.2, -0.15) is 13.2 Å². The fourth-order valence-electron chi connectivity index (χ4n) is 2.38. The Morgan fingerprint density at radius 3 is 2.17 bits per heavy atom. The molecule has 0 bridgehead atoms. The van der Waals surface area contributed by atoms with E-state index in [2.05, 4.69) is 4.98 Å². The number of fused-ring (bicyclic) bond motifs is 1. The van der Waals surface area contributed by atoms with E-state index in [-0.39, 0.29) is 11.1 Å². The second kappa shape index (κ2) is 5.55. The van der Waals surface area contributed by atoms with Gasteiger partial charge < -0.3 is 10.1 Å². The molecule has 0 spiro atoms. The van der Waals surface area contributed by atoms with E-state index in [0.29, 0.717) is 11.1 Å². The number of hydrogen-bond acceptors (Lipinski definition) is 2. The van der Waals surface area contributed by atoms with Crippen LogP contribution in [-0.4, -0.2) is 16.3 Å². The third-order valence-electron chi connectivity index (χ3n) is 3.60. The minimum Gasteiger partial charge on any atom is -0.379 e. The van der Waals surface area contributed by atoms with Gasteiger partial charge in [0.05, 0.1) is 0 Å². The zero-order valence-corrected chi connectivity index (χ0v) is 11.8. The molecule has 0 saturated heterocycles. The van der Waals surface area contributed by atoms with E-state index in [9.17, 15) is 23.1 Å². The average molecular weight is 319 g/mol. The summed E-state index contributed by atoms with van der Waals surface area (Å²) in [4.78, 5) is 14.1. The molecule has 0 radical (unpaired) electrons. The number of alkyl halides is 3. The normalized spacial score (nSPS) is 13.2. The van der Waals surface area contributed by atoms with Crippen molar-refractivity contribution < 1.29 is 18.3 Å². The van der Waals surface area contributed by atoms with Crippen LogP contribution in [0.25, 0.3) is 22.0 Å². The van der Waals surface area contributed by atoms with E-state index < -0.39 is 12.3 Å². The van der Waals surface area contributed by atoms with Crippen LogP contribution in [0, 0.1) is 0 Å². The number of aromatic amines is 1. The van der Waals surface area contributed by atoms with Crippen LogP contribution in [0.4, 0.5) is 13.2 Å². The Hall–Kier alpha value is -2.60. The van der Waals surface area contributed by atoms with Crippen molar-refractivity contribution in [2.24, 2.45) is 0 Å². The van der Waals surface area contributed by atoms with Crippen LogP contribution in [0.5, 0.6) is 0 Å². The van der Waals surface area contributed by atoms with Gasteiger partial charge in [-0.3, -0.25) is 4.79 Å². The molecule has 2 N–H and O–H groups in total. The second-order valence-electron chi connectivity index (χ2n) is 5.19. The van der Waals surface area contributed by atoms with Crippen LogP contribution in [0.15, 0.2) is 59.4 Å². The predicted molar refractivity (Wildman–Crippen MR) is 81.0 cm³/mol.